The van der Waals surface area contributed by atoms with E-state index in [9.17, 15) is 21.6 Å². The maximum atomic E-state index is 12.7. The number of pyridine rings is 1. The van der Waals surface area contributed by atoms with Crippen LogP contribution in [0.2, 0.25) is 5.02 Å². The number of rotatable bonds is 7. The zero-order valence-corrected chi connectivity index (χ0v) is 15.6. The molecule has 2 aromatic rings. The summed E-state index contributed by atoms with van der Waals surface area (Å²) in [5, 5.41) is 4.10. The number of hydrogen-bond donors (Lipinski definition) is 1. The van der Waals surface area contributed by atoms with Crippen LogP contribution in [0.3, 0.4) is 0 Å². The van der Waals surface area contributed by atoms with Crippen LogP contribution in [-0.4, -0.2) is 24.6 Å². The van der Waals surface area contributed by atoms with Gasteiger partial charge in [-0.05, 0) is 36.8 Å². The average molecular weight is 422 g/mol. The molecule has 0 fully saturated rings. The highest BCUT2D eigenvalue weighted by atomic mass is 35.5. The maximum Gasteiger partial charge on any atom is 0.516 e. The Balaban J connectivity index is 2.31. The normalized spacial score (nSPS) is 12.7. The van der Waals surface area contributed by atoms with Gasteiger partial charge in [-0.2, -0.15) is 21.6 Å². The lowest BCUT2D eigenvalue weighted by Crippen LogP contribution is -2.30. The van der Waals surface area contributed by atoms with E-state index < -0.39 is 15.5 Å². The van der Waals surface area contributed by atoms with E-state index in [1.807, 2.05) is 0 Å². The predicted molar refractivity (Wildman–Crippen MR) is 95.9 cm³/mol. The Morgan fingerprint density at radius 1 is 1.30 bits per heavy atom. The van der Waals surface area contributed by atoms with Crippen molar-refractivity contribution in [2.45, 2.75) is 25.5 Å². The monoisotopic (exact) mass is 421 g/mol. The minimum atomic E-state index is -5.59. The van der Waals surface area contributed by atoms with Crippen LogP contribution in [0.25, 0.3) is 0 Å². The SMILES string of the molecule is CCC(=NOCc1ccccn1)c1cc(Cl)ccc1NS(=O)(=O)C(F)(F)F. The van der Waals surface area contributed by atoms with Crippen molar-refractivity contribution in [3.63, 3.8) is 0 Å². The highest BCUT2D eigenvalue weighted by Crippen LogP contribution is 2.29. The highest BCUT2D eigenvalue weighted by molar-refractivity contribution is 7.93. The van der Waals surface area contributed by atoms with Gasteiger partial charge in [0.05, 0.1) is 17.1 Å². The molecule has 0 amide bonds. The minimum Gasteiger partial charge on any atom is -0.389 e. The molecule has 11 heteroatoms. The Morgan fingerprint density at radius 3 is 2.63 bits per heavy atom. The zero-order valence-electron chi connectivity index (χ0n) is 14.0. The van der Waals surface area contributed by atoms with Gasteiger partial charge in [0, 0.05) is 16.8 Å². The number of aromatic nitrogens is 1. The van der Waals surface area contributed by atoms with Crippen molar-refractivity contribution in [2.24, 2.45) is 5.16 Å². The fourth-order valence-electron chi connectivity index (χ4n) is 2.01. The van der Waals surface area contributed by atoms with E-state index in [2.05, 4.69) is 10.1 Å². The molecule has 0 unspecified atom stereocenters. The molecule has 0 saturated heterocycles. The van der Waals surface area contributed by atoms with Crippen molar-refractivity contribution in [3.8, 4) is 0 Å². The highest BCUT2D eigenvalue weighted by Gasteiger charge is 2.46. The molecule has 1 heterocycles. The molecule has 0 atom stereocenters. The molecule has 0 aliphatic carbocycles. The number of sulfonamides is 1. The summed E-state index contributed by atoms with van der Waals surface area (Å²) in [6.45, 7) is 1.72. The Bertz CT molecular complexity index is 919. The lowest BCUT2D eigenvalue weighted by Gasteiger charge is -2.15. The molecule has 2 rings (SSSR count). The first-order valence-corrected chi connectivity index (χ1v) is 9.48. The van der Waals surface area contributed by atoms with Crippen molar-refractivity contribution in [3.05, 3.63) is 58.9 Å². The molecule has 0 spiro atoms. The Hall–Kier alpha value is -2.33. The van der Waals surface area contributed by atoms with Crippen molar-refractivity contribution >= 4 is 33.0 Å². The Kier molecular flexibility index (Phi) is 6.66. The molecule has 1 aromatic carbocycles. The third kappa shape index (κ3) is 5.57. The van der Waals surface area contributed by atoms with Crippen LogP contribution in [0.4, 0.5) is 18.9 Å². The molecule has 0 aliphatic heterocycles. The molecule has 146 valence electrons. The zero-order chi connectivity index (χ0) is 20.1. The van der Waals surface area contributed by atoms with Crippen molar-refractivity contribution in [1.29, 1.82) is 0 Å². The third-order valence-corrected chi connectivity index (χ3v) is 4.62. The van der Waals surface area contributed by atoms with Gasteiger partial charge in [0.2, 0.25) is 0 Å². The maximum absolute atomic E-state index is 12.7. The third-order valence-electron chi connectivity index (χ3n) is 3.29. The van der Waals surface area contributed by atoms with Crippen LogP contribution in [0.1, 0.15) is 24.6 Å². The standard InChI is InChI=1S/C16H15ClF3N3O3S/c1-2-14(22-26-10-12-5-3-4-8-21-12)13-9-11(17)6-7-15(13)23-27(24,25)16(18,19)20/h3-9,23H,2,10H2,1H3. The summed E-state index contributed by atoms with van der Waals surface area (Å²) >= 11 is 5.90. The van der Waals surface area contributed by atoms with Crippen molar-refractivity contribution in [1.82, 2.24) is 4.98 Å². The van der Waals surface area contributed by atoms with E-state index in [-0.39, 0.29) is 35.0 Å². The number of nitrogens with zero attached hydrogens (tertiary/aromatic N) is 2. The van der Waals surface area contributed by atoms with Gasteiger partial charge < -0.3 is 4.84 Å². The second-order valence-corrected chi connectivity index (χ2v) is 7.34. The van der Waals surface area contributed by atoms with Crippen LogP contribution in [0.5, 0.6) is 0 Å². The molecule has 1 N–H and O–H groups in total. The van der Waals surface area contributed by atoms with E-state index >= 15 is 0 Å². The van der Waals surface area contributed by atoms with Gasteiger partial charge >= 0.3 is 15.5 Å². The fraction of sp³-hybridized carbons (Fsp3) is 0.250. The number of oxime groups is 1. The largest absolute Gasteiger partial charge is 0.516 e. The Labute approximate surface area is 159 Å². The first-order chi connectivity index (χ1) is 12.6. The summed E-state index contributed by atoms with van der Waals surface area (Å²) in [7, 11) is -5.59. The van der Waals surface area contributed by atoms with E-state index in [1.54, 1.807) is 31.3 Å². The molecule has 27 heavy (non-hydrogen) atoms. The smallest absolute Gasteiger partial charge is 0.389 e. The van der Waals surface area contributed by atoms with Crippen LogP contribution >= 0.6 is 11.6 Å². The van der Waals surface area contributed by atoms with Crippen molar-refractivity contribution in [2.75, 3.05) is 4.72 Å². The van der Waals surface area contributed by atoms with Gasteiger partial charge in [0.15, 0.2) is 6.61 Å². The quantitative estimate of drug-likeness (QED) is 0.533. The topological polar surface area (TPSA) is 80.7 Å². The van der Waals surface area contributed by atoms with Crippen molar-refractivity contribution < 1.29 is 26.4 Å². The second-order valence-electron chi connectivity index (χ2n) is 5.23. The molecular formula is C16H15ClF3N3O3S. The van der Waals surface area contributed by atoms with Crippen LogP contribution < -0.4 is 4.72 Å². The summed E-state index contributed by atoms with van der Waals surface area (Å²) in [5.74, 6) is 0. The number of halogens is 4. The molecule has 0 saturated carbocycles. The summed E-state index contributed by atoms with van der Waals surface area (Å²) < 4.78 is 62.4. The van der Waals surface area contributed by atoms with Gasteiger partial charge in [0.1, 0.15) is 0 Å². The molecular weight excluding hydrogens is 407 g/mol. The molecule has 0 bridgehead atoms. The second kappa shape index (κ2) is 8.57. The van der Waals surface area contributed by atoms with E-state index in [0.717, 1.165) is 6.07 Å². The fourth-order valence-corrected chi connectivity index (χ4v) is 2.77. The van der Waals surface area contributed by atoms with Gasteiger partial charge in [0.25, 0.3) is 0 Å². The predicted octanol–water partition coefficient (Wildman–Crippen LogP) is 4.33. The van der Waals surface area contributed by atoms with Crippen LogP contribution in [0.15, 0.2) is 47.8 Å². The number of alkyl halides is 3. The minimum absolute atomic E-state index is 0.0362. The van der Waals surface area contributed by atoms with Gasteiger partial charge in [-0.3, -0.25) is 9.71 Å². The molecule has 1 aromatic heterocycles. The van der Waals surface area contributed by atoms with Gasteiger partial charge in [-0.15, -0.1) is 0 Å². The number of hydrogen-bond acceptors (Lipinski definition) is 5. The number of nitrogens with one attached hydrogen (secondary N) is 1. The first-order valence-electron chi connectivity index (χ1n) is 7.62. The van der Waals surface area contributed by atoms with Gasteiger partial charge in [-0.25, -0.2) is 0 Å². The molecule has 6 nitrogen and oxygen atoms in total. The van der Waals surface area contributed by atoms with E-state index in [0.29, 0.717) is 5.69 Å². The van der Waals surface area contributed by atoms with Crippen LogP contribution in [0, 0.1) is 0 Å². The Morgan fingerprint density at radius 2 is 2.04 bits per heavy atom. The average Bonchev–Trinajstić information content (AvgIpc) is 2.60. The lowest BCUT2D eigenvalue weighted by molar-refractivity contribution is -0.0429. The molecule has 0 radical (unpaired) electrons. The lowest BCUT2D eigenvalue weighted by atomic mass is 10.1. The number of benzene rings is 1. The van der Waals surface area contributed by atoms with E-state index in [1.165, 1.54) is 16.9 Å². The summed E-state index contributed by atoms with van der Waals surface area (Å²) in [4.78, 5) is 9.25. The first kappa shape index (κ1) is 21.0. The summed E-state index contributed by atoms with van der Waals surface area (Å²) in [5.41, 5.74) is -4.87. The summed E-state index contributed by atoms with van der Waals surface area (Å²) in [6.07, 6.45) is 1.83. The molecule has 0 aliphatic rings. The van der Waals surface area contributed by atoms with Crippen LogP contribution in [-0.2, 0) is 21.5 Å². The summed E-state index contributed by atoms with van der Waals surface area (Å²) in [6, 6.07) is 8.91. The van der Waals surface area contributed by atoms with E-state index in [4.69, 9.17) is 16.4 Å². The number of anilines is 1. The van der Waals surface area contributed by atoms with Gasteiger partial charge in [-0.1, -0.05) is 29.7 Å².